The van der Waals surface area contributed by atoms with Crippen molar-refractivity contribution in [2.45, 2.75) is 38.5 Å². The van der Waals surface area contributed by atoms with Gasteiger partial charge in [0.15, 0.2) is 0 Å². The zero-order valence-electron chi connectivity index (χ0n) is 10.0. The maximum Gasteiger partial charge on any atom is 0.138 e. The number of nitrogens with zero attached hydrogens (tertiary/aromatic N) is 4. The van der Waals surface area contributed by atoms with Crippen LogP contribution in [-0.2, 0) is 17.6 Å². The molecule has 1 aromatic heterocycles. The van der Waals surface area contributed by atoms with Crippen LogP contribution in [0.3, 0.4) is 0 Å². The summed E-state index contributed by atoms with van der Waals surface area (Å²) in [4.78, 5) is 6.90. The third-order valence-electron chi connectivity index (χ3n) is 2.32. The van der Waals surface area contributed by atoms with Crippen molar-refractivity contribution in [3.05, 3.63) is 11.4 Å². The molecule has 1 aliphatic rings. The van der Waals surface area contributed by atoms with Gasteiger partial charge in [-0.15, -0.1) is 11.8 Å². The van der Waals surface area contributed by atoms with E-state index in [1.54, 1.807) is 16.6 Å². The van der Waals surface area contributed by atoms with Crippen molar-refractivity contribution in [1.29, 1.82) is 0 Å². The van der Waals surface area contributed by atoms with Crippen LogP contribution in [0.4, 0.5) is 0 Å². The minimum absolute atomic E-state index is 0.153. The minimum Gasteiger partial charge on any atom is -0.389 e. The fourth-order valence-corrected chi connectivity index (χ4v) is 2.62. The van der Waals surface area contributed by atoms with E-state index in [0.717, 1.165) is 28.6 Å². The summed E-state index contributed by atoms with van der Waals surface area (Å²) in [5, 5.41) is 13.6. The van der Waals surface area contributed by atoms with Crippen molar-refractivity contribution in [2.75, 3.05) is 0 Å². The summed E-state index contributed by atoms with van der Waals surface area (Å²) in [6, 6.07) is 0. The van der Waals surface area contributed by atoms with E-state index in [9.17, 15) is 0 Å². The average molecular weight is 240 g/mol. The van der Waals surface area contributed by atoms with Gasteiger partial charge in [-0.05, 0) is 20.8 Å². The Morgan fingerprint density at radius 3 is 2.69 bits per heavy atom. The normalized spacial score (nSPS) is 18.4. The summed E-state index contributed by atoms with van der Waals surface area (Å²) in [6.45, 7) is 6.05. The monoisotopic (exact) mass is 240 g/mol. The Bertz CT molecular complexity index is 424. The highest BCUT2D eigenvalue weighted by atomic mass is 32.2. The summed E-state index contributed by atoms with van der Waals surface area (Å²) in [6.07, 6.45) is 0.872. The second-order valence-corrected chi connectivity index (χ2v) is 5.57. The lowest BCUT2D eigenvalue weighted by Gasteiger charge is -2.12. The molecule has 0 fully saturated rings. The molecule has 0 aromatic carbocycles. The van der Waals surface area contributed by atoms with E-state index in [2.05, 4.69) is 15.4 Å². The Balaban J connectivity index is 1.92. The molecule has 0 aliphatic carbocycles. The van der Waals surface area contributed by atoms with Crippen LogP contribution in [-0.4, -0.2) is 25.6 Å². The fourth-order valence-electron chi connectivity index (χ4n) is 1.51. The van der Waals surface area contributed by atoms with Gasteiger partial charge in [0, 0.05) is 19.2 Å². The van der Waals surface area contributed by atoms with Crippen molar-refractivity contribution in [2.24, 2.45) is 12.2 Å². The van der Waals surface area contributed by atoms with E-state index in [1.807, 2.05) is 27.8 Å². The summed E-state index contributed by atoms with van der Waals surface area (Å²) < 4.78 is 0. The topological polar surface area (TPSA) is 52.3 Å². The highest BCUT2D eigenvalue weighted by Gasteiger charge is 2.29. The molecule has 0 saturated carbocycles. The third-order valence-corrected chi connectivity index (χ3v) is 3.29. The van der Waals surface area contributed by atoms with E-state index in [1.165, 1.54) is 0 Å². The zero-order valence-corrected chi connectivity index (χ0v) is 10.8. The van der Waals surface area contributed by atoms with Gasteiger partial charge in [0.2, 0.25) is 0 Å². The lowest BCUT2D eigenvalue weighted by atomic mass is 10.1. The Hall–Kier alpha value is -1.04. The molecular weight excluding hydrogens is 224 g/mol. The molecule has 0 spiro atoms. The quantitative estimate of drug-likeness (QED) is 0.792. The van der Waals surface area contributed by atoms with Gasteiger partial charge in [-0.1, -0.05) is 5.16 Å². The Labute approximate surface area is 99.2 Å². The van der Waals surface area contributed by atoms with Crippen LogP contribution in [0.15, 0.2) is 5.16 Å². The van der Waals surface area contributed by atoms with E-state index < -0.39 is 0 Å². The largest absolute Gasteiger partial charge is 0.389 e. The second kappa shape index (κ2) is 4.08. The number of thioether (sulfide) groups is 1. The van der Waals surface area contributed by atoms with Crippen molar-refractivity contribution in [3.63, 3.8) is 0 Å². The summed E-state index contributed by atoms with van der Waals surface area (Å²) in [7, 11) is 1.83. The summed E-state index contributed by atoms with van der Waals surface area (Å²) in [5.41, 5.74) is 1.84. The van der Waals surface area contributed by atoms with E-state index >= 15 is 0 Å². The molecule has 0 atom stereocenters. The number of rotatable bonds is 2. The molecule has 6 heteroatoms. The lowest BCUT2D eigenvalue weighted by molar-refractivity contribution is 0.0123. The van der Waals surface area contributed by atoms with Crippen LogP contribution in [0.5, 0.6) is 0 Å². The smallest absolute Gasteiger partial charge is 0.138 e. The van der Waals surface area contributed by atoms with Crippen molar-refractivity contribution < 1.29 is 4.84 Å². The fraction of sp³-hybridized carbons (Fsp3) is 0.700. The first kappa shape index (κ1) is 11.4. The zero-order chi connectivity index (χ0) is 11.8. The molecular formula is C10H16N4OS. The SMILES string of the molecule is Cc1nn(C)nc1CSC1=NOC(C)(C)C1. The molecule has 5 nitrogen and oxygen atoms in total. The predicted molar refractivity (Wildman–Crippen MR) is 64.3 cm³/mol. The van der Waals surface area contributed by atoms with Crippen LogP contribution < -0.4 is 0 Å². The van der Waals surface area contributed by atoms with Crippen LogP contribution in [0.1, 0.15) is 31.7 Å². The van der Waals surface area contributed by atoms with Gasteiger partial charge in [0.1, 0.15) is 10.6 Å². The van der Waals surface area contributed by atoms with Crippen LogP contribution >= 0.6 is 11.8 Å². The first-order valence-corrected chi connectivity index (χ1v) is 6.19. The number of aryl methyl sites for hydroxylation is 2. The lowest BCUT2D eigenvalue weighted by Crippen LogP contribution is -2.18. The third kappa shape index (κ3) is 2.55. The number of hydrogen-bond acceptors (Lipinski definition) is 5. The number of oxime groups is 1. The molecule has 0 radical (unpaired) electrons. The Kier molecular flexibility index (Phi) is 2.92. The van der Waals surface area contributed by atoms with E-state index in [4.69, 9.17) is 4.84 Å². The molecule has 0 amide bonds. The number of aromatic nitrogens is 3. The van der Waals surface area contributed by atoms with Crippen LogP contribution in [0.25, 0.3) is 0 Å². The first-order valence-electron chi connectivity index (χ1n) is 5.21. The molecule has 0 saturated heterocycles. The molecule has 2 heterocycles. The van der Waals surface area contributed by atoms with Crippen molar-refractivity contribution >= 4 is 16.8 Å². The van der Waals surface area contributed by atoms with Gasteiger partial charge in [-0.3, -0.25) is 0 Å². The predicted octanol–water partition coefficient (Wildman–Crippen LogP) is 1.87. The van der Waals surface area contributed by atoms with Gasteiger partial charge >= 0.3 is 0 Å². The average Bonchev–Trinajstić information content (AvgIpc) is 2.66. The Morgan fingerprint density at radius 2 is 2.19 bits per heavy atom. The van der Waals surface area contributed by atoms with E-state index in [0.29, 0.717) is 0 Å². The molecule has 0 unspecified atom stereocenters. The van der Waals surface area contributed by atoms with Gasteiger partial charge in [0.05, 0.1) is 11.4 Å². The van der Waals surface area contributed by atoms with Crippen LogP contribution in [0, 0.1) is 6.92 Å². The van der Waals surface area contributed by atoms with Crippen LogP contribution in [0.2, 0.25) is 0 Å². The van der Waals surface area contributed by atoms with Crippen molar-refractivity contribution in [1.82, 2.24) is 15.0 Å². The van der Waals surface area contributed by atoms with Gasteiger partial charge in [-0.2, -0.15) is 15.0 Å². The molecule has 1 aromatic rings. The maximum atomic E-state index is 5.30. The molecule has 16 heavy (non-hydrogen) atoms. The number of hydrogen-bond donors (Lipinski definition) is 0. The first-order chi connectivity index (χ1) is 7.46. The highest BCUT2D eigenvalue weighted by molar-refractivity contribution is 8.13. The maximum absolute atomic E-state index is 5.30. The summed E-state index contributed by atoms with van der Waals surface area (Å²) in [5.74, 6) is 0.804. The molecule has 0 bridgehead atoms. The van der Waals surface area contributed by atoms with E-state index in [-0.39, 0.29) is 5.60 Å². The van der Waals surface area contributed by atoms with Gasteiger partial charge in [0.25, 0.3) is 0 Å². The van der Waals surface area contributed by atoms with Gasteiger partial charge < -0.3 is 4.84 Å². The molecule has 2 rings (SSSR count). The molecule has 0 N–H and O–H groups in total. The van der Waals surface area contributed by atoms with Gasteiger partial charge in [-0.25, -0.2) is 0 Å². The second-order valence-electron chi connectivity index (χ2n) is 4.52. The molecule has 1 aliphatic heterocycles. The summed E-state index contributed by atoms with van der Waals surface area (Å²) >= 11 is 1.68. The molecule has 88 valence electrons. The van der Waals surface area contributed by atoms with Crippen molar-refractivity contribution in [3.8, 4) is 0 Å². The standard InChI is InChI=1S/C10H16N4OS/c1-7-8(12-14(4)11-7)6-16-9-5-10(2,3)15-13-9/h5-6H2,1-4H3. The Morgan fingerprint density at radius 1 is 1.44 bits per heavy atom. The minimum atomic E-state index is -0.153. The highest BCUT2D eigenvalue weighted by Crippen LogP contribution is 2.29.